The van der Waals surface area contributed by atoms with Crippen molar-refractivity contribution in [1.29, 1.82) is 0 Å². The fourth-order valence-electron chi connectivity index (χ4n) is 3.62. The van der Waals surface area contributed by atoms with Crippen LogP contribution in [-0.2, 0) is 28.3 Å². The predicted octanol–water partition coefficient (Wildman–Crippen LogP) is 2.76. The van der Waals surface area contributed by atoms with Gasteiger partial charge in [-0.05, 0) is 46.3 Å². The largest absolute Gasteiger partial charge is 0.540 e. The molecule has 8 heteroatoms. The van der Waals surface area contributed by atoms with Crippen LogP contribution in [0.15, 0.2) is 11.3 Å². The highest BCUT2D eigenvalue weighted by Gasteiger charge is 2.52. The van der Waals surface area contributed by atoms with Crippen LogP contribution in [0.25, 0.3) is 0 Å². The lowest BCUT2D eigenvalue weighted by Crippen LogP contribution is -2.49. The van der Waals surface area contributed by atoms with E-state index in [2.05, 4.69) is 0 Å². The Morgan fingerprint density at radius 1 is 1.04 bits per heavy atom. The lowest BCUT2D eigenvalue weighted by molar-refractivity contribution is -0.154. The summed E-state index contributed by atoms with van der Waals surface area (Å²) in [5.41, 5.74) is -0.00621. The molecule has 1 atom stereocenters. The Kier molecular flexibility index (Phi) is 7.08. The molecule has 0 saturated heterocycles. The molecule has 152 valence electrons. The molecule has 7 nitrogen and oxygen atoms in total. The van der Waals surface area contributed by atoms with Crippen LogP contribution in [0.3, 0.4) is 0 Å². The molecule has 27 heavy (non-hydrogen) atoms. The van der Waals surface area contributed by atoms with Gasteiger partial charge in [-0.15, -0.1) is 0 Å². The second kappa shape index (κ2) is 8.90. The zero-order valence-electron chi connectivity index (χ0n) is 17.0. The fraction of sp³-hybridized carbons (Fsp3) is 0.737. The Labute approximate surface area is 162 Å². The number of amides is 1. The first-order chi connectivity index (χ1) is 12.7. The van der Waals surface area contributed by atoms with Gasteiger partial charge in [-0.1, -0.05) is 19.3 Å². The van der Waals surface area contributed by atoms with Crippen molar-refractivity contribution in [3.05, 3.63) is 11.3 Å². The zero-order chi connectivity index (χ0) is 20.2. The molecule has 1 aliphatic carbocycles. The quantitative estimate of drug-likeness (QED) is 0.485. The Bertz CT molecular complexity index is 618. The van der Waals surface area contributed by atoms with E-state index in [1.54, 1.807) is 13.8 Å². The van der Waals surface area contributed by atoms with Crippen LogP contribution < -0.4 is 0 Å². The van der Waals surface area contributed by atoms with Gasteiger partial charge in [-0.2, -0.15) is 0 Å². The average molecular weight is 398 g/mol. The smallest absolute Gasteiger partial charge is 0.340 e. The highest BCUT2D eigenvalue weighted by Crippen LogP contribution is 2.36. The first-order valence-corrected chi connectivity index (χ1v) is 13.2. The number of hydrogen-bond acceptors (Lipinski definition) is 6. The molecule has 1 fully saturated rings. The van der Waals surface area contributed by atoms with Crippen molar-refractivity contribution >= 4 is 26.2 Å². The lowest BCUT2D eigenvalue weighted by Gasteiger charge is -2.35. The Morgan fingerprint density at radius 3 is 2.15 bits per heavy atom. The molecule has 0 bridgehead atoms. The molecular formula is C19H31NO6Si. The Morgan fingerprint density at radius 2 is 1.63 bits per heavy atom. The zero-order valence-corrected chi connectivity index (χ0v) is 18.0. The number of esters is 2. The summed E-state index contributed by atoms with van der Waals surface area (Å²) in [4.78, 5) is 40.3. The Balaban J connectivity index is 2.52. The van der Waals surface area contributed by atoms with E-state index in [1.165, 1.54) is 4.90 Å². The molecule has 1 heterocycles. The van der Waals surface area contributed by atoms with Crippen LogP contribution in [-0.4, -0.2) is 56.4 Å². The fourth-order valence-corrected chi connectivity index (χ4v) is 4.43. The number of rotatable bonds is 7. The van der Waals surface area contributed by atoms with Gasteiger partial charge in [0.15, 0.2) is 11.8 Å². The summed E-state index contributed by atoms with van der Waals surface area (Å²) in [7, 11) is -2.20. The molecule has 2 rings (SSSR count). The normalized spacial score (nSPS) is 21.4. The van der Waals surface area contributed by atoms with E-state index in [1.807, 2.05) is 19.6 Å². The monoisotopic (exact) mass is 397 g/mol. The summed E-state index contributed by atoms with van der Waals surface area (Å²) in [5.74, 6) is -1.72. The Hall–Kier alpha value is -1.83. The summed E-state index contributed by atoms with van der Waals surface area (Å²) in [6.45, 7) is 9.49. The van der Waals surface area contributed by atoms with E-state index in [4.69, 9.17) is 13.9 Å². The third-order valence-electron chi connectivity index (χ3n) is 4.61. The number of hydrogen-bond donors (Lipinski definition) is 0. The molecule has 1 amide bonds. The van der Waals surface area contributed by atoms with E-state index in [-0.39, 0.29) is 30.6 Å². The summed E-state index contributed by atoms with van der Waals surface area (Å²) in [6, 6.07) is -1.20. The molecule has 0 aromatic rings. The molecule has 0 spiro atoms. The molecule has 0 aromatic heterocycles. The molecule has 1 aliphatic heterocycles. The van der Waals surface area contributed by atoms with Crippen molar-refractivity contribution in [2.45, 2.75) is 77.7 Å². The number of nitrogens with zero attached hydrogens (tertiary/aromatic N) is 1. The lowest BCUT2D eigenvalue weighted by atomic mass is 9.93. The summed E-state index contributed by atoms with van der Waals surface area (Å²) >= 11 is 0. The van der Waals surface area contributed by atoms with Crippen molar-refractivity contribution in [2.75, 3.05) is 13.2 Å². The SMILES string of the molecule is CCOC(=O)C1=C(O[Si](C)(C)C)C(=O)N(C2CCCCC2)C1C(=O)OCC. The minimum Gasteiger partial charge on any atom is -0.540 e. The van der Waals surface area contributed by atoms with Crippen LogP contribution in [0.4, 0.5) is 0 Å². The number of carbonyl (C=O) groups is 3. The molecule has 2 aliphatic rings. The van der Waals surface area contributed by atoms with Crippen molar-refractivity contribution < 1.29 is 28.3 Å². The van der Waals surface area contributed by atoms with Crippen LogP contribution in [0, 0.1) is 0 Å². The number of ether oxygens (including phenoxy) is 2. The van der Waals surface area contributed by atoms with E-state index in [0.29, 0.717) is 0 Å². The van der Waals surface area contributed by atoms with Crippen molar-refractivity contribution in [1.82, 2.24) is 4.90 Å². The third kappa shape index (κ3) is 4.91. The molecular weight excluding hydrogens is 366 g/mol. The third-order valence-corrected chi connectivity index (χ3v) is 5.42. The van der Waals surface area contributed by atoms with Gasteiger partial charge in [0, 0.05) is 6.04 Å². The maximum atomic E-state index is 13.3. The minimum atomic E-state index is -2.20. The number of carbonyl (C=O) groups excluding carboxylic acids is 3. The maximum Gasteiger partial charge on any atom is 0.340 e. The van der Waals surface area contributed by atoms with Crippen LogP contribution in [0.2, 0.25) is 19.6 Å². The van der Waals surface area contributed by atoms with E-state index >= 15 is 0 Å². The van der Waals surface area contributed by atoms with E-state index < -0.39 is 32.2 Å². The molecule has 1 saturated carbocycles. The second-order valence-corrected chi connectivity index (χ2v) is 12.3. The average Bonchev–Trinajstić information content (AvgIpc) is 2.87. The van der Waals surface area contributed by atoms with Gasteiger partial charge in [0.25, 0.3) is 5.91 Å². The van der Waals surface area contributed by atoms with Gasteiger partial charge in [-0.3, -0.25) is 4.79 Å². The molecule has 1 unspecified atom stereocenters. The summed E-state index contributed by atoms with van der Waals surface area (Å²) < 4.78 is 16.4. The molecule has 0 radical (unpaired) electrons. The molecule has 0 aromatic carbocycles. The van der Waals surface area contributed by atoms with Gasteiger partial charge in [0.2, 0.25) is 8.32 Å². The second-order valence-electron chi connectivity index (χ2n) is 7.84. The van der Waals surface area contributed by atoms with E-state index in [9.17, 15) is 14.4 Å². The van der Waals surface area contributed by atoms with Gasteiger partial charge in [0.1, 0.15) is 5.57 Å². The first-order valence-electron chi connectivity index (χ1n) is 9.80. The van der Waals surface area contributed by atoms with Crippen LogP contribution >= 0.6 is 0 Å². The van der Waals surface area contributed by atoms with Crippen LogP contribution in [0.5, 0.6) is 0 Å². The topological polar surface area (TPSA) is 82.1 Å². The van der Waals surface area contributed by atoms with Crippen molar-refractivity contribution in [3.8, 4) is 0 Å². The summed E-state index contributed by atoms with van der Waals surface area (Å²) in [6.07, 6.45) is 4.70. The first kappa shape index (κ1) is 21.5. The van der Waals surface area contributed by atoms with Crippen molar-refractivity contribution in [3.63, 3.8) is 0 Å². The van der Waals surface area contributed by atoms with Gasteiger partial charge < -0.3 is 18.8 Å². The van der Waals surface area contributed by atoms with Crippen LogP contribution in [0.1, 0.15) is 46.0 Å². The highest BCUT2D eigenvalue weighted by molar-refractivity contribution is 6.70. The van der Waals surface area contributed by atoms with Crippen molar-refractivity contribution in [2.24, 2.45) is 0 Å². The molecule has 0 N–H and O–H groups in total. The van der Waals surface area contributed by atoms with E-state index in [0.717, 1.165) is 32.1 Å². The standard InChI is InChI=1S/C19H31NO6Si/c1-6-24-18(22)14-15(19(23)25-7-2)20(13-11-9-8-10-12-13)17(21)16(14)26-27(3,4)5/h13,15H,6-12H2,1-5H3. The van der Waals surface area contributed by atoms with Gasteiger partial charge >= 0.3 is 11.9 Å². The highest BCUT2D eigenvalue weighted by atomic mass is 28.4. The van der Waals surface area contributed by atoms with Gasteiger partial charge in [0.05, 0.1) is 13.2 Å². The minimum absolute atomic E-state index is 0.00621. The predicted molar refractivity (Wildman–Crippen MR) is 102 cm³/mol. The van der Waals surface area contributed by atoms with Gasteiger partial charge in [-0.25, -0.2) is 9.59 Å². The maximum absolute atomic E-state index is 13.3. The summed E-state index contributed by atoms with van der Waals surface area (Å²) in [5, 5.41) is 0.